The molecule has 20 heavy (non-hydrogen) atoms. The second kappa shape index (κ2) is 6.01. The zero-order valence-corrected chi connectivity index (χ0v) is 11.4. The van der Waals surface area contributed by atoms with E-state index in [4.69, 9.17) is 9.47 Å². The summed E-state index contributed by atoms with van der Waals surface area (Å²) in [5, 5.41) is 3.25. The highest BCUT2D eigenvalue weighted by molar-refractivity contribution is 5.30. The van der Waals surface area contributed by atoms with Crippen molar-refractivity contribution in [1.29, 1.82) is 0 Å². The van der Waals surface area contributed by atoms with Gasteiger partial charge in [0.05, 0.1) is 5.56 Å². The van der Waals surface area contributed by atoms with E-state index in [1.54, 1.807) is 7.11 Å². The molecule has 0 bridgehead atoms. The summed E-state index contributed by atoms with van der Waals surface area (Å²) in [4.78, 5) is 0. The SMILES string of the molecule is CCNC1CC(Oc2cccc(C(F)(F)F)c2)C1OC. The van der Waals surface area contributed by atoms with Crippen molar-refractivity contribution in [1.82, 2.24) is 5.32 Å². The Morgan fingerprint density at radius 1 is 1.35 bits per heavy atom. The van der Waals surface area contributed by atoms with Crippen LogP contribution >= 0.6 is 0 Å². The molecule has 0 aromatic heterocycles. The maximum absolute atomic E-state index is 12.6. The topological polar surface area (TPSA) is 30.5 Å². The zero-order valence-electron chi connectivity index (χ0n) is 11.4. The van der Waals surface area contributed by atoms with Gasteiger partial charge in [-0.2, -0.15) is 13.2 Å². The number of likely N-dealkylation sites (N-methyl/N-ethyl adjacent to an activating group) is 1. The van der Waals surface area contributed by atoms with E-state index in [0.29, 0.717) is 0 Å². The average Bonchev–Trinajstić information content (AvgIpc) is 2.37. The quantitative estimate of drug-likeness (QED) is 0.904. The third-order valence-electron chi connectivity index (χ3n) is 3.44. The van der Waals surface area contributed by atoms with Gasteiger partial charge < -0.3 is 14.8 Å². The first-order valence-corrected chi connectivity index (χ1v) is 6.55. The van der Waals surface area contributed by atoms with Gasteiger partial charge in [-0.3, -0.25) is 0 Å². The Balaban J connectivity index is 2.01. The van der Waals surface area contributed by atoms with Crippen molar-refractivity contribution in [2.24, 2.45) is 0 Å². The van der Waals surface area contributed by atoms with E-state index in [0.717, 1.165) is 25.1 Å². The number of benzene rings is 1. The maximum Gasteiger partial charge on any atom is 0.416 e. The molecule has 1 saturated carbocycles. The average molecular weight is 289 g/mol. The first kappa shape index (κ1) is 15.1. The molecule has 0 heterocycles. The van der Waals surface area contributed by atoms with Crippen LogP contribution in [-0.2, 0) is 10.9 Å². The molecule has 3 unspecified atom stereocenters. The summed E-state index contributed by atoms with van der Waals surface area (Å²) < 4.78 is 48.8. The van der Waals surface area contributed by atoms with Gasteiger partial charge in [0.2, 0.25) is 0 Å². The van der Waals surface area contributed by atoms with Gasteiger partial charge in [-0.05, 0) is 24.7 Å². The van der Waals surface area contributed by atoms with Crippen LogP contribution in [0.4, 0.5) is 13.2 Å². The molecule has 0 saturated heterocycles. The molecule has 1 fully saturated rings. The smallest absolute Gasteiger partial charge is 0.416 e. The Labute approximate surface area is 116 Å². The van der Waals surface area contributed by atoms with Gasteiger partial charge in [0, 0.05) is 19.6 Å². The highest BCUT2D eigenvalue weighted by Gasteiger charge is 2.43. The van der Waals surface area contributed by atoms with Crippen LogP contribution in [0.2, 0.25) is 0 Å². The number of nitrogens with one attached hydrogen (secondary N) is 1. The van der Waals surface area contributed by atoms with Crippen molar-refractivity contribution in [2.75, 3.05) is 13.7 Å². The van der Waals surface area contributed by atoms with Crippen molar-refractivity contribution in [3.63, 3.8) is 0 Å². The molecule has 6 heteroatoms. The molecule has 3 nitrogen and oxygen atoms in total. The van der Waals surface area contributed by atoms with E-state index in [2.05, 4.69) is 5.32 Å². The molecule has 1 N–H and O–H groups in total. The Bertz CT molecular complexity index is 450. The number of halogens is 3. The molecule has 0 amide bonds. The summed E-state index contributed by atoms with van der Waals surface area (Å²) in [7, 11) is 1.58. The number of methoxy groups -OCH3 is 1. The Hall–Kier alpha value is -1.27. The highest BCUT2D eigenvalue weighted by Crippen LogP contribution is 2.33. The summed E-state index contributed by atoms with van der Waals surface area (Å²) >= 11 is 0. The van der Waals surface area contributed by atoms with Crippen molar-refractivity contribution >= 4 is 0 Å². The monoisotopic (exact) mass is 289 g/mol. The van der Waals surface area contributed by atoms with Gasteiger partial charge in [0.25, 0.3) is 0 Å². The molecule has 112 valence electrons. The second-order valence-corrected chi connectivity index (χ2v) is 4.78. The highest BCUT2D eigenvalue weighted by atomic mass is 19.4. The first-order chi connectivity index (χ1) is 9.45. The van der Waals surface area contributed by atoms with Crippen LogP contribution in [0.5, 0.6) is 5.75 Å². The van der Waals surface area contributed by atoms with Crippen LogP contribution in [0.15, 0.2) is 24.3 Å². The summed E-state index contributed by atoms with van der Waals surface area (Å²) in [5.41, 5.74) is -0.702. The van der Waals surface area contributed by atoms with E-state index in [9.17, 15) is 13.2 Å². The number of alkyl halides is 3. The lowest BCUT2D eigenvalue weighted by Gasteiger charge is -2.43. The van der Waals surface area contributed by atoms with E-state index < -0.39 is 11.7 Å². The lowest BCUT2D eigenvalue weighted by molar-refractivity contribution is -0.138. The largest absolute Gasteiger partial charge is 0.488 e. The molecule has 2 rings (SSSR count). The molecule has 0 radical (unpaired) electrons. The van der Waals surface area contributed by atoms with Gasteiger partial charge in [-0.15, -0.1) is 0 Å². The van der Waals surface area contributed by atoms with E-state index in [1.165, 1.54) is 12.1 Å². The maximum atomic E-state index is 12.6. The van der Waals surface area contributed by atoms with Crippen LogP contribution in [0, 0.1) is 0 Å². The Morgan fingerprint density at radius 2 is 2.10 bits per heavy atom. The zero-order chi connectivity index (χ0) is 14.8. The minimum Gasteiger partial charge on any atom is -0.488 e. The molecule has 1 aromatic rings. The van der Waals surface area contributed by atoms with Crippen molar-refractivity contribution < 1.29 is 22.6 Å². The van der Waals surface area contributed by atoms with E-state index in [1.807, 2.05) is 6.92 Å². The third kappa shape index (κ3) is 3.24. The summed E-state index contributed by atoms with van der Waals surface area (Å²) in [6, 6.07) is 5.12. The molecule has 1 aliphatic rings. The number of rotatable bonds is 5. The Morgan fingerprint density at radius 3 is 2.70 bits per heavy atom. The van der Waals surface area contributed by atoms with Crippen molar-refractivity contribution in [2.45, 2.75) is 37.8 Å². The molecule has 0 spiro atoms. The fraction of sp³-hybridized carbons (Fsp3) is 0.571. The number of ether oxygens (including phenoxy) is 2. The molecular formula is C14H18F3NO2. The molecular weight excluding hydrogens is 271 g/mol. The number of hydrogen-bond donors (Lipinski definition) is 1. The van der Waals surface area contributed by atoms with Gasteiger partial charge in [-0.1, -0.05) is 13.0 Å². The van der Waals surface area contributed by atoms with Crippen LogP contribution in [0.25, 0.3) is 0 Å². The molecule has 1 aromatic carbocycles. The van der Waals surface area contributed by atoms with Crippen LogP contribution in [0.1, 0.15) is 18.9 Å². The minimum atomic E-state index is -4.36. The van der Waals surface area contributed by atoms with Crippen LogP contribution in [0.3, 0.4) is 0 Å². The normalized spacial score (nSPS) is 26.1. The summed E-state index contributed by atoms with van der Waals surface area (Å²) in [6.45, 7) is 2.81. The van der Waals surface area contributed by atoms with Gasteiger partial charge in [0.15, 0.2) is 0 Å². The fourth-order valence-corrected chi connectivity index (χ4v) is 2.40. The predicted octanol–water partition coefficient (Wildman–Crippen LogP) is 2.85. The number of hydrogen-bond acceptors (Lipinski definition) is 3. The standard InChI is InChI=1S/C14H18F3NO2/c1-3-18-11-8-12(13(11)19-2)20-10-6-4-5-9(7-10)14(15,16)17/h4-7,11-13,18H,3,8H2,1-2H3. The fourth-order valence-electron chi connectivity index (χ4n) is 2.40. The van der Waals surface area contributed by atoms with Crippen LogP contribution < -0.4 is 10.1 Å². The molecule has 3 atom stereocenters. The van der Waals surface area contributed by atoms with Gasteiger partial charge >= 0.3 is 6.18 Å². The van der Waals surface area contributed by atoms with Gasteiger partial charge in [-0.25, -0.2) is 0 Å². The Kier molecular flexibility index (Phi) is 4.55. The van der Waals surface area contributed by atoms with Crippen molar-refractivity contribution in [3.8, 4) is 5.75 Å². The summed E-state index contributed by atoms with van der Waals surface area (Å²) in [5.74, 6) is 0.224. The van der Waals surface area contributed by atoms with E-state index in [-0.39, 0.29) is 24.0 Å². The molecule has 0 aliphatic heterocycles. The van der Waals surface area contributed by atoms with Gasteiger partial charge in [0.1, 0.15) is 18.0 Å². The minimum absolute atomic E-state index is 0.135. The van der Waals surface area contributed by atoms with Crippen LogP contribution in [-0.4, -0.2) is 31.9 Å². The molecule has 1 aliphatic carbocycles. The second-order valence-electron chi connectivity index (χ2n) is 4.78. The van der Waals surface area contributed by atoms with E-state index >= 15 is 0 Å². The van der Waals surface area contributed by atoms with Crippen molar-refractivity contribution in [3.05, 3.63) is 29.8 Å². The lowest BCUT2D eigenvalue weighted by atomic mass is 9.85. The first-order valence-electron chi connectivity index (χ1n) is 6.55. The predicted molar refractivity (Wildman–Crippen MR) is 68.7 cm³/mol. The third-order valence-corrected chi connectivity index (χ3v) is 3.44. The lowest BCUT2D eigenvalue weighted by Crippen LogP contribution is -2.60. The summed E-state index contributed by atoms with van der Waals surface area (Å²) in [6.07, 6.45) is -3.98.